The topological polar surface area (TPSA) is 12.0 Å². The summed E-state index contributed by atoms with van der Waals surface area (Å²) in [6.45, 7) is 6.19. The van der Waals surface area contributed by atoms with Crippen LogP contribution in [0, 0.1) is 5.92 Å². The van der Waals surface area contributed by atoms with Crippen LogP contribution in [-0.4, -0.2) is 18.5 Å². The number of halogens is 1. The number of rotatable bonds is 6. The highest BCUT2D eigenvalue weighted by Gasteiger charge is 2.07. The quantitative estimate of drug-likeness (QED) is 0.580. The molecule has 1 N–H and O–H groups in total. The van der Waals surface area contributed by atoms with Gasteiger partial charge in [-0.25, -0.2) is 0 Å². The smallest absolute Gasteiger partial charge is 0.0483 e. The van der Waals surface area contributed by atoms with E-state index in [1.54, 1.807) is 0 Å². The van der Waals surface area contributed by atoms with Crippen LogP contribution in [0.2, 0.25) is 0 Å². The third-order valence-electron chi connectivity index (χ3n) is 2.50. The summed E-state index contributed by atoms with van der Waals surface area (Å²) in [7, 11) is 0. The van der Waals surface area contributed by atoms with E-state index in [0.717, 1.165) is 19.5 Å². The SMILES string of the molecule is CC(C)C(Cl)CNCCc1ccccc1. The van der Waals surface area contributed by atoms with Gasteiger partial charge in [-0.15, -0.1) is 11.6 Å². The molecule has 2 heteroatoms. The largest absolute Gasteiger partial charge is 0.315 e. The fourth-order valence-corrected chi connectivity index (χ4v) is 1.46. The summed E-state index contributed by atoms with van der Waals surface area (Å²) < 4.78 is 0. The van der Waals surface area contributed by atoms with Crippen molar-refractivity contribution < 1.29 is 0 Å². The number of nitrogens with one attached hydrogen (secondary N) is 1. The molecule has 0 fully saturated rings. The van der Waals surface area contributed by atoms with Gasteiger partial charge < -0.3 is 5.32 Å². The van der Waals surface area contributed by atoms with Crippen molar-refractivity contribution >= 4 is 11.6 Å². The molecule has 15 heavy (non-hydrogen) atoms. The lowest BCUT2D eigenvalue weighted by molar-refractivity contribution is 0.547. The van der Waals surface area contributed by atoms with Crippen LogP contribution in [0.4, 0.5) is 0 Å². The second-order valence-electron chi connectivity index (χ2n) is 4.20. The lowest BCUT2D eigenvalue weighted by Gasteiger charge is -2.13. The monoisotopic (exact) mass is 225 g/mol. The van der Waals surface area contributed by atoms with Crippen molar-refractivity contribution in [1.82, 2.24) is 5.32 Å². The van der Waals surface area contributed by atoms with Gasteiger partial charge in [0.2, 0.25) is 0 Å². The Bertz CT molecular complexity index is 258. The molecule has 1 nitrogen and oxygen atoms in total. The van der Waals surface area contributed by atoms with Gasteiger partial charge in [-0.2, -0.15) is 0 Å². The summed E-state index contributed by atoms with van der Waals surface area (Å²) in [4.78, 5) is 0. The van der Waals surface area contributed by atoms with Gasteiger partial charge >= 0.3 is 0 Å². The molecule has 1 unspecified atom stereocenters. The van der Waals surface area contributed by atoms with E-state index in [0.29, 0.717) is 5.92 Å². The summed E-state index contributed by atoms with van der Waals surface area (Å²) in [6, 6.07) is 10.5. The Hall–Kier alpha value is -0.530. The van der Waals surface area contributed by atoms with Crippen molar-refractivity contribution in [2.24, 2.45) is 5.92 Å². The molecule has 1 aromatic rings. The molecule has 0 saturated carbocycles. The summed E-state index contributed by atoms with van der Waals surface area (Å²) in [5, 5.41) is 3.62. The van der Waals surface area contributed by atoms with E-state index in [-0.39, 0.29) is 5.38 Å². The minimum Gasteiger partial charge on any atom is -0.315 e. The molecule has 0 spiro atoms. The normalized spacial score (nSPS) is 13.1. The zero-order valence-electron chi connectivity index (χ0n) is 9.54. The zero-order valence-corrected chi connectivity index (χ0v) is 10.3. The lowest BCUT2D eigenvalue weighted by atomic mass is 10.1. The minimum absolute atomic E-state index is 0.237. The van der Waals surface area contributed by atoms with Crippen LogP contribution in [0.3, 0.4) is 0 Å². The predicted molar refractivity (Wildman–Crippen MR) is 67.5 cm³/mol. The van der Waals surface area contributed by atoms with Gasteiger partial charge in [0.05, 0.1) is 0 Å². The van der Waals surface area contributed by atoms with E-state index in [1.165, 1.54) is 5.56 Å². The number of hydrogen-bond donors (Lipinski definition) is 1. The van der Waals surface area contributed by atoms with Gasteiger partial charge in [-0.1, -0.05) is 44.2 Å². The molecule has 0 aliphatic rings. The molecule has 0 bridgehead atoms. The first-order valence-electron chi connectivity index (χ1n) is 5.59. The van der Waals surface area contributed by atoms with E-state index < -0.39 is 0 Å². The van der Waals surface area contributed by atoms with Crippen molar-refractivity contribution in [3.63, 3.8) is 0 Å². The number of hydrogen-bond acceptors (Lipinski definition) is 1. The molecule has 0 saturated heterocycles. The fraction of sp³-hybridized carbons (Fsp3) is 0.538. The van der Waals surface area contributed by atoms with Crippen LogP contribution in [0.15, 0.2) is 30.3 Å². The first-order valence-corrected chi connectivity index (χ1v) is 6.02. The van der Waals surface area contributed by atoms with Gasteiger partial charge in [0, 0.05) is 11.9 Å². The van der Waals surface area contributed by atoms with Gasteiger partial charge in [0.1, 0.15) is 0 Å². The lowest BCUT2D eigenvalue weighted by Crippen LogP contribution is -2.28. The van der Waals surface area contributed by atoms with E-state index in [9.17, 15) is 0 Å². The molecule has 0 aliphatic heterocycles. The van der Waals surface area contributed by atoms with Crippen molar-refractivity contribution in [2.75, 3.05) is 13.1 Å². The fourth-order valence-electron chi connectivity index (χ4n) is 1.35. The van der Waals surface area contributed by atoms with E-state index in [2.05, 4.69) is 43.4 Å². The third kappa shape index (κ3) is 5.19. The molecule has 1 aromatic carbocycles. The summed E-state index contributed by atoms with van der Waals surface area (Å²) >= 11 is 6.13. The van der Waals surface area contributed by atoms with Gasteiger partial charge in [0.15, 0.2) is 0 Å². The second-order valence-corrected chi connectivity index (χ2v) is 4.76. The van der Waals surface area contributed by atoms with Crippen molar-refractivity contribution in [3.05, 3.63) is 35.9 Å². The molecular weight excluding hydrogens is 206 g/mol. The van der Waals surface area contributed by atoms with E-state index in [4.69, 9.17) is 11.6 Å². The summed E-state index contributed by atoms with van der Waals surface area (Å²) in [5.41, 5.74) is 1.38. The Balaban J connectivity index is 2.12. The van der Waals surface area contributed by atoms with Crippen LogP contribution in [0.1, 0.15) is 19.4 Å². The molecular formula is C13H20ClN. The van der Waals surface area contributed by atoms with E-state index in [1.807, 2.05) is 6.07 Å². The maximum absolute atomic E-state index is 6.13. The van der Waals surface area contributed by atoms with Crippen LogP contribution in [0.25, 0.3) is 0 Å². The molecule has 0 aliphatic carbocycles. The highest BCUT2D eigenvalue weighted by atomic mass is 35.5. The first kappa shape index (κ1) is 12.5. The maximum atomic E-state index is 6.13. The predicted octanol–water partition coefficient (Wildman–Crippen LogP) is 3.08. The van der Waals surface area contributed by atoms with Gasteiger partial charge in [0.25, 0.3) is 0 Å². The molecule has 0 amide bonds. The van der Waals surface area contributed by atoms with Crippen LogP contribution < -0.4 is 5.32 Å². The van der Waals surface area contributed by atoms with Crippen LogP contribution in [-0.2, 0) is 6.42 Å². The van der Waals surface area contributed by atoms with Gasteiger partial charge in [-0.3, -0.25) is 0 Å². The number of benzene rings is 1. The Kier molecular flexibility index (Phi) is 5.74. The van der Waals surface area contributed by atoms with Crippen LogP contribution >= 0.6 is 11.6 Å². The molecule has 84 valence electrons. The molecule has 1 atom stereocenters. The summed E-state index contributed by atoms with van der Waals surface area (Å²) in [5.74, 6) is 0.538. The molecule has 1 rings (SSSR count). The molecule has 0 radical (unpaired) electrons. The Morgan fingerprint density at radius 1 is 1.20 bits per heavy atom. The number of alkyl halides is 1. The third-order valence-corrected chi connectivity index (χ3v) is 3.15. The Labute approximate surface area is 97.8 Å². The summed E-state index contributed by atoms with van der Waals surface area (Å²) in [6.07, 6.45) is 1.07. The highest BCUT2D eigenvalue weighted by Crippen LogP contribution is 2.07. The van der Waals surface area contributed by atoms with E-state index >= 15 is 0 Å². The standard InChI is InChI=1S/C13H20ClN/c1-11(2)13(14)10-15-9-8-12-6-4-3-5-7-12/h3-7,11,13,15H,8-10H2,1-2H3. The van der Waals surface area contributed by atoms with Crippen LogP contribution in [0.5, 0.6) is 0 Å². The zero-order chi connectivity index (χ0) is 11.1. The second kappa shape index (κ2) is 6.86. The first-order chi connectivity index (χ1) is 7.20. The van der Waals surface area contributed by atoms with Gasteiger partial charge in [-0.05, 0) is 24.4 Å². The Morgan fingerprint density at radius 3 is 2.47 bits per heavy atom. The molecule has 0 aromatic heterocycles. The van der Waals surface area contributed by atoms with Crippen molar-refractivity contribution in [1.29, 1.82) is 0 Å². The minimum atomic E-state index is 0.237. The average molecular weight is 226 g/mol. The van der Waals surface area contributed by atoms with Crippen molar-refractivity contribution in [3.8, 4) is 0 Å². The Morgan fingerprint density at radius 2 is 1.87 bits per heavy atom. The molecule has 0 heterocycles. The maximum Gasteiger partial charge on any atom is 0.0483 e. The van der Waals surface area contributed by atoms with Crippen molar-refractivity contribution in [2.45, 2.75) is 25.6 Å². The highest BCUT2D eigenvalue weighted by molar-refractivity contribution is 6.20. The average Bonchev–Trinajstić information content (AvgIpc) is 2.25.